The van der Waals surface area contributed by atoms with Gasteiger partial charge in [0.25, 0.3) is 0 Å². The van der Waals surface area contributed by atoms with Crippen molar-refractivity contribution in [2.24, 2.45) is 17.8 Å². The van der Waals surface area contributed by atoms with Gasteiger partial charge in [0.1, 0.15) is 0 Å². The smallest absolute Gasteiger partial charge is 0.226 e. The summed E-state index contributed by atoms with van der Waals surface area (Å²) in [4.78, 5) is 17.5. The number of amides is 1. The third kappa shape index (κ3) is 2.77. The average molecular weight is 326 g/mol. The van der Waals surface area contributed by atoms with Crippen LogP contribution >= 0.6 is 0 Å². The van der Waals surface area contributed by atoms with E-state index >= 15 is 0 Å². The summed E-state index contributed by atoms with van der Waals surface area (Å²) < 4.78 is 0. The van der Waals surface area contributed by atoms with Crippen LogP contribution in [0.4, 0.5) is 0 Å². The van der Waals surface area contributed by atoms with Crippen LogP contribution in [0.5, 0.6) is 0 Å². The van der Waals surface area contributed by atoms with Crippen LogP contribution in [0.1, 0.15) is 36.8 Å². The van der Waals surface area contributed by atoms with E-state index in [1.807, 2.05) is 0 Å². The molecule has 1 aromatic carbocycles. The van der Waals surface area contributed by atoms with Crippen LogP contribution in [-0.2, 0) is 17.6 Å². The van der Waals surface area contributed by atoms with E-state index < -0.39 is 0 Å². The number of fused-ring (bicyclic) bond motifs is 2. The molecule has 0 N–H and O–H groups in total. The van der Waals surface area contributed by atoms with Gasteiger partial charge in [0.05, 0.1) is 0 Å². The van der Waals surface area contributed by atoms with Crippen LogP contribution in [0.2, 0.25) is 0 Å². The lowest BCUT2D eigenvalue weighted by Gasteiger charge is -2.29. The lowest BCUT2D eigenvalue weighted by atomic mass is 10.0. The Morgan fingerprint density at radius 3 is 1.88 bits per heavy atom. The molecular formula is C21H30N2O. The quantitative estimate of drug-likeness (QED) is 0.852. The maximum atomic E-state index is 13.0. The second kappa shape index (κ2) is 6.18. The molecular weight excluding hydrogens is 296 g/mol. The van der Waals surface area contributed by atoms with Gasteiger partial charge in [-0.3, -0.25) is 4.79 Å². The molecule has 4 atom stereocenters. The minimum Gasteiger partial charge on any atom is -0.342 e. The van der Waals surface area contributed by atoms with Crippen molar-refractivity contribution in [1.82, 2.24) is 9.80 Å². The SMILES string of the molecule is CN(C)C1C[C@@H]2CC(N(C)C(=O)C3Cc4ccccc4C3)C[C@@H]2C1. The van der Waals surface area contributed by atoms with E-state index in [0.717, 1.165) is 30.7 Å². The van der Waals surface area contributed by atoms with Gasteiger partial charge in [-0.2, -0.15) is 0 Å². The third-order valence-electron chi connectivity index (χ3n) is 6.99. The molecule has 3 heteroatoms. The van der Waals surface area contributed by atoms with Gasteiger partial charge in [0, 0.05) is 25.0 Å². The van der Waals surface area contributed by atoms with Crippen LogP contribution in [0.15, 0.2) is 24.3 Å². The highest BCUT2D eigenvalue weighted by Gasteiger charge is 2.44. The highest BCUT2D eigenvalue weighted by molar-refractivity contribution is 5.80. The maximum absolute atomic E-state index is 13.0. The summed E-state index contributed by atoms with van der Waals surface area (Å²) >= 11 is 0. The minimum absolute atomic E-state index is 0.169. The topological polar surface area (TPSA) is 23.6 Å². The fraction of sp³-hybridized carbons (Fsp3) is 0.667. The maximum Gasteiger partial charge on any atom is 0.226 e. The summed E-state index contributed by atoms with van der Waals surface area (Å²) in [5, 5.41) is 0. The van der Waals surface area contributed by atoms with Crippen LogP contribution in [0.25, 0.3) is 0 Å². The second-order valence-electron chi connectivity index (χ2n) is 8.56. The normalized spacial score (nSPS) is 32.2. The van der Waals surface area contributed by atoms with Crippen LogP contribution < -0.4 is 0 Å². The van der Waals surface area contributed by atoms with E-state index in [1.165, 1.54) is 36.8 Å². The predicted octanol–water partition coefficient (Wildman–Crippen LogP) is 2.98. The number of carbonyl (C=O) groups excluding carboxylic acids is 1. The molecule has 3 aliphatic carbocycles. The van der Waals surface area contributed by atoms with Crippen molar-refractivity contribution in [2.45, 2.75) is 50.6 Å². The number of hydrogen-bond acceptors (Lipinski definition) is 2. The summed E-state index contributed by atoms with van der Waals surface area (Å²) in [6.45, 7) is 0. The zero-order chi connectivity index (χ0) is 16.8. The molecule has 4 rings (SSSR count). The molecule has 2 unspecified atom stereocenters. The third-order valence-corrected chi connectivity index (χ3v) is 6.99. The van der Waals surface area contributed by atoms with Gasteiger partial charge in [0.15, 0.2) is 0 Å². The lowest BCUT2D eigenvalue weighted by Crippen LogP contribution is -2.40. The van der Waals surface area contributed by atoms with Gasteiger partial charge in [-0.15, -0.1) is 0 Å². The Morgan fingerprint density at radius 2 is 1.38 bits per heavy atom. The molecule has 2 fully saturated rings. The van der Waals surface area contributed by atoms with Crippen molar-refractivity contribution in [3.63, 3.8) is 0 Å². The predicted molar refractivity (Wildman–Crippen MR) is 96.8 cm³/mol. The van der Waals surface area contributed by atoms with Crippen molar-refractivity contribution < 1.29 is 4.79 Å². The highest BCUT2D eigenvalue weighted by atomic mass is 16.2. The lowest BCUT2D eigenvalue weighted by molar-refractivity contribution is -0.136. The summed E-state index contributed by atoms with van der Waals surface area (Å²) in [7, 11) is 6.47. The Labute approximate surface area is 146 Å². The Balaban J connectivity index is 1.36. The Kier molecular flexibility index (Phi) is 4.16. The first-order valence-corrected chi connectivity index (χ1v) is 9.52. The molecule has 2 saturated carbocycles. The molecule has 3 nitrogen and oxygen atoms in total. The molecule has 0 bridgehead atoms. The van der Waals surface area contributed by atoms with Crippen LogP contribution in [-0.4, -0.2) is 48.9 Å². The van der Waals surface area contributed by atoms with Gasteiger partial charge < -0.3 is 9.80 Å². The molecule has 24 heavy (non-hydrogen) atoms. The van der Waals surface area contributed by atoms with Crippen molar-refractivity contribution in [3.05, 3.63) is 35.4 Å². The van der Waals surface area contributed by atoms with Gasteiger partial charge in [-0.1, -0.05) is 24.3 Å². The molecule has 0 aliphatic heterocycles. The number of carbonyl (C=O) groups is 1. The van der Waals surface area contributed by atoms with Crippen molar-refractivity contribution in [3.8, 4) is 0 Å². The van der Waals surface area contributed by atoms with Crippen molar-refractivity contribution in [2.75, 3.05) is 21.1 Å². The van der Waals surface area contributed by atoms with Crippen molar-refractivity contribution >= 4 is 5.91 Å². The number of rotatable bonds is 3. The van der Waals surface area contributed by atoms with Gasteiger partial charge >= 0.3 is 0 Å². The zero-order valence-electron chi connectivity index (χ0n) is 15.2. The summed E-state index contributed by atoms with van der Waals surface area (Å²) in [5.74, 6) is 2.21. The van der Waals surface area contributed by atoms with E-state index in [0.29, 0.717) is 11.9 Å². The Hall–Kier alpha value is -1.35. The Bertz CT molecular complexity index is 587. The Morgan fingerprint density at radius 1 is 0.875 bits per heavy atom. The second-order valence-corrected chi connectivity index (χ2v) is 8.56. The zero-order valence-corrected chi connectivity index (χ0v) is 15.2. The fourth-order valence-electron chi connectivity index (χ4n) is 5.49. The molecule has 0 saturated heterocycles. The number of benzene rings is 1. The molecule has 1 aromatic rings. The summed E-state index contributed by atoms with van der Waals surface area (Å²) in [6.07, 6.45) is 6.95. The molecule has 0 spiro atoms. The number of nitrogens with zero attached hydrogens (tertiary/aromatic N) is 2. The highest BCUT2D eigenvalue weighted by Crippen LogP contribution is 2.46. The van der Waals surface area contributed by atoms with E-state index in [1.54, 1.807) is 0 Å². The van der Waals surface area contributed by atoms with E-state index in [9.17, 15) is 4.79 Å². The molecule has 3 aliphatic rings. The minimum atomic E-state index is 0.169. The summed E-state index contributed by atoms with van der Waals surface area (Å²) in [5.41, 5.74) is 2.75. The van der Waals surface area contributed by atoms with E-state index in [4.69, 9.17) is 0 Å². The molecule has 1 amide bonds. The van der Waals surface area contributed by atoms with Gasteiger partial charge in [-0.25, -0.2) is 0 Å². The summed E-state index contributed by atoms with van der Waals surface area (Å²) in [6, 6.07) is 9.78. The molecule has 0 aromatic heterocycles. The standard InChI is InChI=1S/C21H30N2O/c1-22(2)19-10-16-12-20(13-17(16)11-19)23(3)21(24)18-8-14-6-4-5-7-15(14)9-18/h4-7,16-20H,8-13H2,1-3H3/t16-,17+,19?,20?. The number of hydrogen-bond donors (Lipinski definition) is 0. The molecule has 0 radical (unpaired) electrons. The first-order valence-electron chi connectivity index (χ1n) is 9.52. The fourth-order valence-corrected chi connectivity index (χ4v) is 5.49. The molecule has 130 valence electrons. The average Bonchev–Trinajstić information content (AvgIpc) is 3.24. The molecule has 0 heterocycles. The van der Waals surface area contributed by atoms with E-state index in [2.05, 4.69) is 55.2 Å². The van der Waals surface area contributed by atoms with Gasteiger partial charge in [0.2, 0.25) is 5.91 Å². The van der Waals surface area contributed by atoms with Crippen LogP contribution in [0.3, 0.4) is 0 Å². The van der Waals surface area contributed by atoms with E-state index in [-0.39, 0.29) is 5.92 Å². The largest absolute Gasteiger partial charge is 0.342 e. The van der Waals surface area contributed by atoms with Crippen molar-refractivity contribution in [1.29, 1.82) is 0 Å². The first-order chi connectivity index (χ1) is 11.5. The monoisotopic (exact) mass is 326 g/mol. The van der Waals surface area contributed by atoms with Gasteiger partial charge in [-0.05, 0) is 75.6 Å². The first kappa shape index (κ1) is 16.1. The van der Waals surface area contributed by atoms with Crippen LogP contribution in [0, 0.1) is 17.8 Å².